The first-order valence-corrected chi connectivity index (χ1v) is 24.7. The van der Waals surface area contributed by atoms with Crippen LogP contribution in [0.3, 0.4) is 0 Å². The molecule has 0 bridgehead atoms. The maximum absolute atomic E-state index is 2.66. The van der Waals surface area contributed by atoms with Crippen molar-refractivity contribution in [2.75, 3.05) is 0 Å². The van der Waals surface area contributed by atoms with Crippen LogP contribution in [0, 0.1) is 0 Å². The molecule has 1 aliphatic rings. The molecule has 302 valence electrons. The summed E-state index contributed by atoms with van der Waals surface area (Å²) in [6, 6.07) is 84.3. The Hall–Kier alpha value is -7.20. The molecule has 63 heavy (non-hydrogen) atoms. The minimum absolute atomic E-state index is 0.563. The minimum atomic E-state index is -2.66. The molecule has 1 aliphatic carbocycles. The van der Waals surface area contributed by atoms with Crippen molar-refractivity contribution in [3.63, 3.8) is 0 Å². The standard InChI is InChI=1S/C60H48N2Si/c1-5-19-44(20-6-1)52-31-18-32-55-56-42-47(61-57-33-15-13-29-53(57)54-30-14-16-34-58(54)61)39-40-59(56)62(60(52)55)46-37-35-43(36-38-46)45-21-17-28-51(41-45)63(48-22-7-2-8-23-48,49-24-9-3-10-25-49)50-26-11-4-12-27-50/h2-4,7-18,21-42,44H,1,5-6,19-20H2. The quantitative estimate of drug-likeness (QED) is 0.107. The van der Waals surface area contributed by atoms with E-state index < -0.39 is 8.07 Å². The lowest BCUT2D eigenvalue weighted by Gasteiger charge is -2.34. The van der Waals surface area contributed by atoms with Gasteiger partial charge in [-0.3, -0.25) is 0 Å². The third-order valence-electron chi connectivity index (χ3n) is 14.1. The van der Waals surface area contributed by atoms with E-state index in [-0.39, 0.29) is 0 Å². The molecule has 0 saturated heterocycles. The second-order valence-electron chi connectivity index (χ2n) is 17.5. The summed E-state index contributed by atoms with van der Waals surface area (Å²) in [5.74, 6) is 0.563. The summed E-state index contributed by atoms with van der Waals surface area (Å²) in [6.07, 6.45) is 6.45. The Morgan fingerprint density at radius 2 is 0.841 bits per heavy atom. The summed E-state index contributed by atoms with van der Waals surface area (Å²) in [4.78, 5) is 0. The Kier molecular flexibility index (Phi) is 9.30. The number of rotatable bonds is 8. The van der Waals surface area contributed by atoms with Crippen molar-refractivity contribution in [3.05, 3.63) is 230 Å². The van der Waals surface area contributed by atoms with E-state index >= 15 is 0 Å². The highest BCUT2D eigenvalue weighted by molar-refractivity contribution is 7.19. The molecule has 12 rings (SSSR count). The molecule has 3 heteroatoms. The van der Waals surface area contributed by atoms with Crippen molar-refractivity contribution in [3.8, 4) is 22.5 Å². The molecule has 0 aliphatic heterocycles. The van der Waals surface area contributed by atoms with Crippen LogP contribution in [0.2, 0.25) is 0 Å². The molecule has 0 radical (unpaired) electrons. The molecule has 0 N–H and O–H groups in total. The van der Waals surface area contributed by atoms with Crippen molar-refractivity contribution in [2.45, 2.75) is 38.0 Å². The van der Waals surface area contributed by atoms with Gasteiger partial charge in [-0.1, -0.05) is 201 Å². The lowest BCUT2D eigenvalue weighted by molar-refractivity contribution is 0.445. The molecule has 11 aromatic rings. The van der Waals surface area contributed by atoms with E-state index in [1.165, 1.54) is 125 Å². The smallest absolute Gasteiger partial charge is 0.179 e. The molecule has 0 unspecified atom stereocenters. The van der Waals surface area contributed by atoms with Gasteiger partial charge in [-0.2, -0.15) is 0 Å². The van der Waals surface area contributed by atoms with Crippen molar-refractivity contribution >= 4 is 72.4 Å². The fourth-order valence-electron chi connectivity index (χ4n) is 11.2. The number of para-hydroxylation sites is 3. The lowest BCUT2D eigenvalue weighted by Crippen LogP contribution is -2.74. The van der Waals surface area contributed by atoms with Gasteiger partial charge in [-0.25, -0.2) is 0 Å². The second-order valence-corrected chi connectivity index (χ2v) is 21.3. The molecule has 9 aromatic carbocycles. The van der Waals surface area contributed by atoms with Crippen molar-refractivity contribution < 1.29 is 0 Å². The summed E-state index contributed by atoms with van der Waals surface area (Å²) in [5.41, 5.74) is 11.4. The Bertz CT molecular complexity index is 3260. The molecule has 0 amide bonds. The van der Waals surface area contributed by atoms with Gasteiger partial charge in [0.25, 0.3) is 0 Å². The van der Waals surface area contributed by atoms with Crippen LogP contribution in [0.25, 0.3) is 66.1 Å². The van der Waals surface area contributed by atoms with E-state index in [1.54, 1.807) is 0 Å². The highest BCUT2D eigenvalue weighted by Crippen LogP contribution is 2.42. The molecular weight excluding hydrogens is 777 g/mol. The predicted molar refractivity (Wildman–Crippen MR) is 270 cm³/mol. The van der Waals surface area contributed by atoms with Gasteiger partial charge in [0.2, 0.25) is 0 Å². The summed E-state index contributed by atoms with van der Waals surface area (Å²) in [5, 5.41) is 10.7. The summed E-state index contributed by atoms with van der Waals surface area (Å²) in [6.45, 7) is 0. The van der Waals surface area contributed by atoms with Crippen LogP contribution < -0.4 is 20.7 Å². The fourth-order valence-corrected chi connectivity index (χ4v) is 16.0. The monoisotopic (exact) mass is 824 g/mol. The van der Waals surface area contributed by atoms with Crippen molar-refractivity contribution in [1.29, 1.82) is 0 Å². The third kappa shape index (κ3) is 6.13. The average molecular weight is 825 g/mol. The molecule has 0 spiro atoms. The summed E-state index contributed by atoms with van der Waals surface area (Å²) in [7, 11) is -2.66. The Morgan fingerprint density at radius 1 is 0.333 bits per heavy atom. The maximum atomic E-state index is 2.57. The van der Waals surface area contributed by atoms with Crippen LogP contribution in [-0.4, -0.2) is 17.2 Å². The first-order valence-electron chi connectivity index (χ1n) is 22.7. The van der Waals surface area contributed by atoms with Crippen LogP contribution in [0.5, 0.6) is 0 Å². The minimum Gasteiger partial charge on any atom is -0.309 e. The van der Waals surface area contributed by atoms with Crippen LogP contribution in [0.4, 0.5) is 0 Å². The number of aromatic nitrogens is 2. The van der Waals surface area contributed by atoms with E-state index in [4.69, 9.17) is 0 Å². The molecule has 2 nitrogen and oxygen atoms in total. The van der Waals surface area contributed by atoms with Crippen LogP contribution in [0.1, 0.15) is 43.6 Å². The van der Waals surface area contributed by atoms with Gasteiger partial charge in [0, 0.05) is 32.9 Å². The van der Waals surface area contributed by atoms with Crippen LogP contribution >= 0.6 is 0 Å². The fraction of sp³-hybridized carbons (Fsp3) is 0.100. The average Bonchev–Trinajstić information content (AvgIpc) is 3.88. The van der Waals surface area contributed by atoms with E-state index in [2.05, 4.69) is 234 Å². The van der Waals surface area contributed by atoms with E-state index in [0.717, 1.165) is 0 Å². The molecular formula is C60H48N2Si. The van der Waals surface area contributed by atoms with E-state index in [0.29, 0.717) is 5.92 Å². The van der Waals surface area contributed by atoms with Gasteiger partial charge in [-0.15, -0.1) is 0 Å². The second kappa shape index (κ2) is 15.6. The Morgan fingerprint density at radius 3 is 1.46 bits per heavy atom. The van der Waals surface area contributed by atoms with E-state index in [9.17, 15) is 0 Å². The molecule has 2 aromatic heterocycles. The number of nitrogens with zero attached hydrogens (tertiary/aromatic N) is 2. The SMILES string of the molecule is c1ccc([Si](c2ccccc2)(c2ccccc2)c2cccc(-c3ccc(-n4c5ccc(-n6c7ccccc7c7ccccc76)cc5c5cccc(C6CCCCC6)c54)cc3)c2)cc1. The van der Waals surface area contributed by atoms with Crippen LogP contribution in [0.15, 0.2) is 224 Å². The highest BCUT2D eigenvalue weighted by Gasteiger charge is 2.41. The number of hydrogen-bond acceptors (Lipinski definition) is 0. The number of fused-ring (bicyclic) bond motifs is 6. The van der Waals surface area contributed by atoms with Gasteiger partial charge >= 0.3 is 0 Å². The normalized spacial score (nSPS) is 13.7. The Labute approximate surface area is 370 Å². The molecule has 0 atom stereocenters. The van der Waals surface area contributed by atoms with Gasteiger partial charge in [0.05, 0.1) is 22.1 Å². The van der Waals surface area contributed by atoms with Crippen molar-refractivity contribution in [1.82, 2.24) is 9.13 Å². The highest BCUT2D eigenvalue weighted by atomic mass is 28.3. The third-order valence-corrected chi connectivity index (χ3v) is 18.8. The summed E-state index contributed by atoms with van der Waals surface area (Å²) < 4.78 is 5.02. The zero-order valence-corrected chi connectivity index (χ0v) is 36.4. The number of benzene rings is 9. The zero-order chi connectivity index (χ0) is 41.7. The largest absolute Gasteiger partial charge is 0.309 e. The number of hydrogen-bond donors (Lipinski definition) is 0. The van der Waals surface area contributed by atoms with Gasteiger partial charge in [0.1, 0.15) is 0 Å². The topological polar surface area (TPSA) is 9.86 Å². The van der Waals surface area contributed by atoms with Gasteiger partial charge < -0.3 is 9.13 Å². The molecule has 2 heterocycles. The summed E-state index contributed by atoms with van der Waals surface area (Å²) >= 11 is 0. The first kappa shape index (κ1) is 37.5. The predicted octanol–water partition coefficient (Wildman–Crippen LogP) is 13.0. The maximum Gasteiger partial charge on any atom is 0.179 e. The zero-order valence-electron chi connectivity index (χ0n) is 35.4. The molecule has 1 fully saturated rings. The first-order chi connectivity index (χ1) is 31.3. The Balaban J connectivity index is 1.02. The lowest BCUT2D eigenvalue weighted by atomic mass is 9.83. The van der Waals surface area contributed by atoms with Gasteiger partial charge in [0.15, 0.2) is 8.07 Å². The van der Waals surface area contributed by atoms with E-state index in [1.807, 2.05) is 0 Å². The van der Waals surface area contributed by atoms with Gasteiger partial charge in [-0.05, 0) is 98.7 Å². The molecule has 1 saturated carbocycles. The van der Waals surface area contributed by atoms with Crippen molar-refractivity contribution in [2.24, 2.45) is 0 Å². The van der Waals surface area contributed by atoms with Crippen LogP contribution in [-0.2, 0) is 0 Å².